The van der Waals surface area contributed by atoms with Crippen molar-refractivity contribution in [3.05, 3.63) is 29.8 Å². The summed E-state index contributed by atoms with van der Waals surface area (Å²) < 4.78 is 0. The molecule has 0 aliphatic carbocycles. The standard InChI is InChI=1S/C15H25N3/c1-4-12(5-2)11-18(6-3)14-10-8-7-9-13(14)15(16)17/h7-10,12H,4-6,11H2,1-3H3,(H3,16,17). The van der Waals surface area contributed by atoms with E-state index < -0.39 is 0 Å². The first-order chi connectivity index (χ1) is 8.63. The third kappa shape index (κ3) is 3.49. The summed E-state index contributed by atoms with van der Waals surface area (Å²) >= 11 is 0. The SMILES string of the molecule is CCC(CC)CN(CC)c1ccccc1C(=N)N. The molecule has 0 unspecified atom stereocenters. The lowest BCUT2D eigenvalue weighted by atomic mass is 10.0. The predicted molar refractivity (Wildman–Crippen MR) is 79.4 cm³/mol. The van der Waals surface area contributed by atoms with Gasteiger partial charge in [0.05, 0.1) is 0 Å². The van der Waals surface area contributed by atoms with E-state index in [4.69, 9.17) is 11.1 Å². The zero-order valence-corrected chi connectivity index (χ0v) is 11.7. The third-order valence-electron chi connectivity index (χ3n) is 3.55. The maximum atomic E-state index is 7.67. The molecule has 0 saturated heterocycles. The molecule has 0 aliphatic heterocycles. The zero-order valence-electron chi connectivity index (χ0n) is 11.7. The maximum absolute atomic E-state index is 7.67. The second kappa shape index (κ2) is 7.04. The van der Waals surface area contributed by atoms with Crippen LogP contribution in [0.3, 0.4) is 0 Å². The smallest absolute Gasteiger partial charge is 0.124 e. The molecule has 0 fully saturated rings. The molecular formula is C15H25N3. The van der Waals surface area contributed by atoms with Gasteiger partial charge in [0.25, 0.3) is 0 Å². The molecule has 1 aromatic carbocycles. The van der Waals surface area contributed by atoms with Crippen LogP contribution in [0.4, 0.5) is 5.69 Å². The van der Waals surface area contributed by atoms with E-state index in [0.717, 1.165) is 24.3 Å². The largest absolute Gasteiger partial charge is 0.384 e. The second-order valence-electron chi connectivity index (χ2n) is 4.65. The minimum absolute atomic E-state index is 0.147. The number of benzene rings is 1. The van der Waals surface area contributed by atoms with Gasteiger partial charge in [-0.15, -0.1) is 0 Å². The summed E-state index contributed by atoms with van der Waals surface area (Å²) in [7, 11) is 0. The zero-order chi connectivity index (χ0) is 13.5. The highest BCUT2D eigenvalue weighted by Gasteiger charge is 2.14. The average Bonchev–Trinajstić information content (AvgIpc) is 2.40. The van der Waals surface area contributed by atoms with Crippen molar-refractivity contribution in [1.29, 1.82) is 5.41 Å². The summed E-state index contributed by atoms with van der Waals surface area (Å²) in [6.07, 6.45) is 2.38. The molecule has 0 atom stereocenters. The predicted octanol–water partition coefficient (Wildman–Crippen LogP) is 3.23. The van der Waals surface area contributed by atoms with Crippen molar-refractivity contribution in [1.82, 2.24) is 0 Å². The Morgan fingerprint density at radius 2 is 1.83 bits per heavy atom. The Kier molecular flexibility index (Phi) is 5.69. The van der Waals surface area contributed by atoms with Crippen molar-refractivity contribution in [3.63, 3.8) is 0 Å². The lowest BCUT2D eigenvalue weighted by molar-refractivity contribution is 0.486. The molecule has 0 aromatic heterocycles. The fourth-order valence-electron chi connectivity index (χ4n) is 2.23. The van der Waals surface area contributed by atoms with E-state index in [1.54, 1.807) is 0 Å². The first kappa shape index (κ1) is 14.6. The minimum atomic E-state index is 0.147. The summed E-state index contributed by atoms with van der Waals surface area (Å²) in [4.78, 5) is 2.33. The Balaban J connectivity index is 2.97. The summed E-state index contributed by atoms with van der Waals surface area (Å²) in [6, 6.07) is 7.93. The van der Waals surface area contributed by atoms with E-state index in [-0.39, 0.29) is 5.84 Å². The molecule has 100 valence electrons. The molecule has 0 radical (unpaired) electrons. The van der Waals surface area contributed by atoms with Gasteiger partial charge in [-0.05, 0) is 25.0 Å². The van der Waals surface area contributed by atoms with Crippen LogP contribution in [0.1, 0.15) is 39.2 Å². The molecule has 0 bridgehead atoms. The Labute approximate surface area is 111 Å². The normalized spacial score (nSPS) is 10.7. The number of nitrogen functional groups attached to an aromatic ring is 1. The molecule has 3 heteroatoms. The maximum Gasteiger partial charge on any atom is 0.124 e. The van der Waals surface area contributed by atoms with Gasteiger partial charge in [-0.1, -0.05) is 38.8 Å². The quantitative estimate of drug-likeness (QED) is 0.574. The van der Waals surface area contributed by atoms with Gasteiger partial charge >= 0.3 is 0 Å². The number of para-hydroxylation sites is 1. The number of hydrogen-bond donors (Lipinski definition) is 2. The van der Waals surface area contributed by atoms with Crippen LogP contribution in [0, 0.1) is 11.3 Å². The van der Waals surface area contributed by atoms with Crippen LogP contribution in [0.15, 0.2) is 24.3 Å². The topological polar surface area (TPSA) is 53.1 Å². The molecule has 0 heterocycles. The van der Waals surface area contributed by atoms with Gasteiger partial charge in [-0.3, -0.25) is 5.41 Å². The van der Waals surface area contributed by atoms with Gasteiger partial charge < -0.3 is 10.6 Å². The summed E-state index contributed by atoms with van der Waals surface area (Å²) in [5.41, 5.74) is 7.58. The number of hydrogen-bond acceptors (Lipinski definition) is 2. The van der Waals surface area contributed by atoms with Gasteiger partial charge in [0.2, 0.25) is 0 Å². The molecule has 3 nitrogen and oxygen atoms in total. The van der Waals surface area contributed by atoms with E-state index in [1.165, 1.54) is 12.8 Å². The van der Waals surface area contributed by atoms with E-state index in [1.807, 2.05) is 18.2 Å². The molecule has 0 saturated carbocycles. The highest BCUT2D eigenvalue weighted by Crippen LogP contribution is 2.22. The highest BCUT2D eigenvalue weighted by atomic mass is 15.1. The molecule has 0 aliphatic rings. The number of nitrogens with one attached hydrogen (secondary N) is 1. The Bertz CT molecular complexity index is 383. The van der Waals surface area contributed by atoms with Crippen molar-refractivity contribution < 1.29 is 0 Å². The Morgan fingerprint density at radius 3 is 2.33 bits per heavy atom. The third-order valence-corrected chi connectivity index (χ3v) is 3.55. The lowest BCUT2D eigenvalue weighted by Gasteiger charge is -2.29. The molecular weight excluding hydrogens is 222 g/mol. The first-order valence-electron chi connectivity index (χ1n) is 6.82. The van der Waals surface area contributed by atoms with Gasteiger partial charge in [-0.2, -0.15) is 0 Å². The van der Waals surface area contributed by atoms with Crippen molar-refractivity contribution in [2.75, 3.05) is 18.0 Å². The second-order valence-corrected chi connectivity index (χ2v) is 4.65. The van der Waals surface area contributed by atoms with Gasteiger partial charge in [0.1, 0.15) is 5.84 Å². The lowest BCUT2D eigenvalue weighted by Crippen LogP contribution is -2.31. The van der Waals surface area contributed by atoms with Crippen LogP contribution in [-0.2, 0) is 0 Å². The van der Waals surface area contributed by atoms with Crippen molar-refractivity contribution in [3.8, 4) is 0 Å². The Hall–Kier alpha value is -1.51. The van der Waals surface area contributed by atoms with Crippen molar-refractivity contribution >= 4 is 11.5 Å². The van der Waals surface area contributed by atoms with Crippen LogP contribution < -0.4 is 10.6 Å². The van der Waals surface area contributed by atoms with Gasteiger partial charge in [0.15, 0.2) is 0 Å². The molecule has 1 rings (SSSR count). The monoisotopic (exact) mass is 247 g/mol. The molecule has 18 heavy (non-hydrogen) atoms. The van der Waals surface area contributed by atoms with Crippen LogP contribution in [0.2, 0.25) is 0 Å². The van der Waals surface area contributed by atoms with Crippen molar-refractivity contribution in [2.45, 2.75) is 33.6 Å². The number of nitrogens with two attached hydrogens (primary N) is 1. The number of anilines is 1. The fourth-order valence-corrected chi connectivity index (χ4v) is 2.23. The molecule has 1 aromatic rings. The minimum Gasteiger partial charge on any atom is -0.384 e. The number of rotatable bonds is 7. The summed E-state index contributed by atoms with van der Waals surface area (Å²) in [6.45, 7) is 8.60. The fraction of sp³-hybridized carbons (Fsp3) is 0.533. The van der Waals surface area contributed by atoms with Crippen LogP contribution in [0.25, 0.3) is 0 Å². The van der Waals surface area contributed by atoms with Crippen molar-refractivity contribution in [2.24, 2.45) is 11.7 Å². The van der Waals surface area contributed by atoms with E-state index in [9.17, 15) is 0 Å². The average molecular weight is 247 g/mol. The molecule has 3 N–H and O–H groups in total. The highest BCUT2D eigenvalue weighted by molar-refractivity contribution is 6.00. The summed E-state index contributed by atoms with van der Waals surface area (Å²) in [5, 5.41) is 7.67. The van der Waals surface area contributed by atoms with Crippen LogP contribution in [-0.4, -0.2) is 18.9 Å². The number of nitrogens with zero attached hydrogens (tertiary/aromatic N) is 1. The van der Waals surface area contributed by atoms with E-state index >= 15 is 0 Å². The van der Waals surface area contributed by atoms with E-state index in [2.05, 4.69) is 31.7 Å². The van der Waals surface area contributed by atoms with Crippen LogP contribution >= 0.6 is 0 Å². The first-order valence-corrected chi connectivity index (χ1v) is 6.82. The molecule has 0 amide bonds. The number of amidine groups is 1. The van der Waals surface area contributed by atoms with Crippen LogP contribution in [0.5, 0.6) is 0 Å². The van der Waals surface area contributed by atoms with Gasteiger partial charge in [-0.25, -0.2) is 0 Å². The molecule has 0 spiro atoms. The Morgan fingerprint density at radius 1 is 1.22 bits per heavy atom. The summed E-state index contributed by atoms with van der Waals surface area (Å²) in [5.74, 6) is 0.846. The van der Waals surface area contributed by atoms with Gasteiger partial charge in [0, 0.05) is 24.3 Å². The van der Waals surface area contributed by atoms with E-state index in [0.29, 0.717) is 5.92 Å².